The molecule has 3 rings (SSSR count). The molecule has 1 atom stereocenters. The van der Waals surface area contributed by atoms with Gasteiger partial charge in [-0.05, 0) is 11.1 Å². The first kappa shape index (κ1) is 14.7. The normalized spacial score (nSPS) is 11.4. The van der Waals surface area contributed by atoms with Crippen molar-refractivity contribution in [2.24, 2.45) is 0 Å². The molecule has 0 unspecified atom stereocenters. The number of ketones is 1. The Bertz CT molecular complexity index is 831. The van der Waals surface area contributed by atoms with Crippen molar-refractivity contribution >= 4 is 5.78 Å². The third kappa shape index (κ3) is 3.20. The molecule has 0 bridgehead atoms. The monoisotopic (exact) mass is 297 g/mol. The number of hydrogen-bond donors (Lipinski definition) is 0. The van der Waals surface area contributed by atoms with Crippen molar-refractivity contribution in [3.05, 3.63) is 107 Å². The molecule has 3 aromatic carbocycles. The lowest BCUT2D eigenvalue weighted by Gasteiger charge is -2.10. The SMILES string of the molecule is N#C[C@@H](c1ccccc1)c1ccc(C(=O)c2ccccc2)cc1. The molecule has 0 heterocycles. The third-order valence-electron chi connectivity index (χ3n) is 3.80. The van der Waals surface area contributed by atoms with Crippen LogP contribution in [0, 0.1) is 11.3 Å². The number of carbonyl (C=O) groups is 1. The second-order valence-electron chi connectivity index (χ2n) is 5.29. The van der Waals surface area contributed by atoms with Crippen LogP contribution >= 0.6 is 0 Å². The molecular formula is C21H15NO. The van der Waals surface area contributed by atoms with Crippen molar-refractivity contribution in [2.75, 3.05) is 0 Å². The van der Waals surface area contributed by atoms with Crippen LogP contribution in [0.15, 0.2) is 84.9 Å². The van der Waals surface area contributed by atoms with Crippen molar-refractivity contribution in [3.63, 3.8) is 0 Å². The highest BCUT2D eigenvalue weighted by atomic mass is 16.1. The van der Waals surface area contributed by atoms with E-state index in [0.29, 0.717) is 11.1 Å². The first-order chi connectivity index (χ1) is 11.3. The van der Waals surface area contributed by atoms with Gasteiger partial charge in [0.2, 0.25) is 0 Å². The predicted molar refractivity (Wildman–Crippen MR) is 90.2 cm³/mol. The molecule has 23 heavy (non-hydrogen) atoms. The molecule has 2 nitrogen and oxygen atoms in total. The van der Waals surface area contributed by atoms with Gasteiger partial charge < -0.3 is 0 Å². The van der Waals surface area contributed by atoms with Crippen molar-refractivity contribution in [1.29, 1.82) is 5.26 Å². The van der Waals surface area contributed by atoms with Gasteiger partial charge in [0.1, 0.15) is 0 Å². The van der Waals surface area contributed by atoms with Crippen LogP contribution in [-0.2, 0) is 0 Å². The summed E-state index contributed by atoms with van der Waals surface area (Å²) in [7, 11) is 0. The van der Waals surface area contributed by atoms with Crippen molar-refractivity contribution in [2.45, 2.75) is 5.92 Å². The molecule has 0 radical (unpaired) electrons. The maximum absolute atomic E-state index is 12.4. The average molecular weight is 297 g/mol. The fraction of sp³-hybridized carbons (Fsp3) is 0.0476. The second-order valence-corrected chi connectivity index (χ2v) is 5.29. The van der Waals surface area contributed by atoms with Gasteiger partial charge in [0, 0.05) is 11.1 Å². The van der Waals surface area contributed by atoms with E-state index >= 15 is 0 Å². The molecule has 0 spiro atoms. The lowest BCUT2D eigenvalue weighted by atomic mass is 9.91. The maximum Gasteiger partial charge on any atom is 0.193 e. The minimum atomic E-state index is -0.322. The molecule has 3 aromatic rings. The van der Waals surface area contributed by atoms with E-state index in [2.05, 4.69) is 6.07 Å². The van der Waals surface area contributed by atoms with Crippen LogP contribution in [-0.4, -0.2) is 5.78 Å². The summed E-state index contributed by atoms with van der Waals surface area (Å²) in [6, 6.07) is 28.5. The summed E-state index contributed by atoms with van der Waals surface area (Å²) < 4.78 is 0. The fourth-order valence-corrected chi connectivity index (χ4v) is 2.57. The Labute approximate surface area is 135 Å². The Morgan fingerprint density at radius 1 is 0.696 bits per heavy atom. The van der Waals surface area contributed by atoms with Crippen LogP contribution in [0.3, 0.4) is 0 Å². The molecule has 110 valence electrons. The summed E-state index contributed by atoms with van der Waals surface area (Å²) in [5, 5.41) is 9.47. The fourth-order valence-electron chi connectivity index (χ4n) is 2.57. The minimum absolute atomic E-state index is 0.00892. The van der Waals surface area contributed by atoms with Crippen molar-refractivity contribution in [3.8, 4) is 6.07 Å². The van der Waals surface area contributed by atoms with Crippen LogP contribution in [0.2, 0.25) is 0 Å². The van der Waals surface area contributed by atoms with Gasteiger partial charge in [0.05, 0.1) is 12.0 Å². The third-order valence-corrected chi connectivity index (χ3v) is 3.80. The molecule has 0 aliphatic rings. The smallest absolute Gasteiger partial charge is 0.193 e. The van der Waals surface area contributed by atoms with E-state index in [9.17, 15) is 10.1 Å². The molecule has 0 saturated carbocycles. The van der Waals surface area contributed by atoms with Gasteiger partial charge in [-0.25, -0.2) is 0 Å². The van der Waals surface area contributed by atoms with E-state index in [1.54, 1.807) is 24.3 Å². The van der Waals surface area contributed by atoms with Crippen LogP contribution in [0.25, 0.3) is 0 Å². The molecule has 2 heteroatoms. The highest BCUT2D eigenvalue weighted by Gasteiger charge is 2.14. The van der Waals surface area contributed by atoms with E-state index in [1.165, 1.54) is 0 Å². The predicted octanol–water partition coefficient (Wildman–Crippen LogP) is 4.57. The van der Waals surface area contributed by atoms with Gasteiger partial charge in [-0.3, -0.25) is 4.79 Å². The topological polar surface area (TPSA) is 40.9 Å². The van der Waals surface area contributed by atoms with Gasteiger partial charge in [-0.1, -0.05) is 84.9 Å². The van der Waals surface area contributed by atoms with Crippen LogP contribution < -0.4 is 0 Å². The number of hydrogen-bond acceptors (Lipinski definition) is 2. The van der Waals surface area contributed by atoms with Gasteiger partial charge in [-0.15, -0.1) is 0 Å². The second kappa shape index (κ2) is 6.72. The molecule has 0 N–H and O–H groups in total. The molecule has 0 aliphatic heterocycles. The zero-order chi connectivity index (χ0) is 16.1. The highest BCUT2D eigenvalue weighted by Crippen LogP contribution is 2.24. The summed E-state index contributed by atoms with van der Waals surface area (Å²) in [6.45, 7) is 0. The Morgan fingerprint density at radius 2 is 1.17 bits per heavy atom. The number of benzene rings is 3. The minimum Gasteiger partial charge on any atom is -0.289 e. The van der Waals surface area contributed by atoms with Crippen LogP contribution in [0.5, 0.6) is 0 Å². The molecule has 0 fully saturated rings. The summed E-state index contributed by atoms with van der Waals surface area (Å²) in [5.41, 5.74) is 3.14. The number of nitrogens with zero attached hydrogens (tertiary/aromatic N) is 1. The average Bonchev–Trinajstić information content (AvgIpc) is 2.64. The van der Waals surface area contributed by atoms with E-state index in [4.69, 9.17) is 0 Å². The van der Waals surface area contributed by atoms with Crippen LogP contribution in [0.1, 0.15) is 33.0 Å². The summed E-state index contributed by atoms with van der Waals surface area (Å²) in [5.74, 6) is -0.331. The maximum atomic E-state index is 12.4. The van der Waals surface area contributed by atoms with Gasteiger partial charge in [0.25, 0.3) is 0 Å². The van der Waals surface area contributed by atoms with Gasteiger partial charge >= 0.3 is 0 Å². The summed E-state index contributed by atoms with van der Waals surface area (Å²) >= 11 is 0. The first-order valence-electron chi connectivity index (χ1n) is 7.44. The van der Waals surface area contributed by atoms with Gasteiger partial charge in [0.15, 0.2) is 5.78 Å². The number of carbonyl (C=O) groups excluding carboxylic acids is 1. The largest absolute Gasteiger partial charge is 0.289 e. The van der Waals surface area contributed by atoms with E-state index < -0.39 is 0 Å². The molecule has 0 aromatic heterocycles. The van der Waals surface area contributed by atoms with E-state index in [0.717, 1.165) is 11.1 Å². The Hall–Kier alpha value is -3.18. The van der Waals surface area contributed by atoms with Crippen molar-refractivity contribution < 1.29 is 4.79 Å². The Morgan fingerprint density at radius 3 is 1.74 bits per heavy atom. The van der Waals surface area contributed by atoms with Crippen LogP contribution in [0.4, 0.5) is 0 Å². The zero-order valence-electron chi connectivity index (χ0n) is 12.5. The zero-order valence-corrected chi connectivity index (χ0v) is 12.5. The Balaban J connectivity index is 1.88. The molecule has 0 aliphatic carbocycles. The number of rotatable bonds is 4. The van der Waals surface area contributed by atoms with E-state index in [1.807, 2.05) is 60.7 Å². The van der Waals surface area contributed by atoms with E-state index in [-0.39, 0.29) is 11.7 Å². The Kier molecular flexibility index (Phi) is 4.31. The first-order valence-corrected chi connectivity index (χ1v) is 7.44. The highest BCUT2D eigenvalue weighted by molar-refractivity contribution is 6.08. The lowest BCUT2D eigenvalue weighted by Crippen LogP contribution is -2.03. The molecule has 0 saturated heterocycles. The summed E-state index contributed by atoms with van der Waals surface area (Å²) in [4.78, 5) is 12.4. The van der Waals surface area contributed by atoms with Crippen molar-refractivity contribution in [1.82, 2.24) is 0 Å². The number of nitriles is 1. The van der Waals surface area contributed by atoms with Gasteiger partial charge in [-0.2, -0.15) is 5.26 Å². The standard InChI is InChI=1S/C21H15NO/c22-15-20(16-7-3-1-4-8-16)17-11-13-19(14-12-17)21(23)18-9-5-2-6-10-18/h1-14,20H/t20-/m0/s1. The summed E-state index contributed by atoms with van der Waals surface area (Å²) in [6.07, 6.45) is 0. The quantitative estimate of drug-likeness (QED) is 0.662. The molecule has 0 amide bonds. The molecular weight excluding hydrogens is 282 g/mol. The lowest BCUT2D eigenvalue weighted by molar-refractivity contribution is 0.103.